The zero-order chi connectivity index (χ0) is 54.9. The van der Waals surface area contributed by atoms with Gasteiger partial charge < -0.3 is 45.7 Å². The van der Waals surface area contributed by atoms with Crippen LogP contribution in [0.4, 0.5) is 0 Å². The maximum Gasteiger partial charge on any atom is 0.281 e. The van der Waals surface area contributed by atoms with E-state index in [0.717, 1.165) is 38.9 Å². The van der Waals surface area contributed by atoms with E-state index in [9.17, 15) is 34.2 Å². The van der Waals surface area contributed by atoms with Gasteiger partial charge in [-0.05, 0) is 55.0 Å². The Morgan fingerprint density at radius 3 is 2.49 bits per heavy atom. The van der Waals surface area contributed by atoms with Crippen LogP contribution in [0.5, 0.6) is 0 Å². The lowest BCUT2D eigenvalue weighted by Gasteiger charge is -2.38. The number of aromatic amines is 1. The van der Waals surface area contributed by atoms with Gasteiger partial charge in [0.1, 0.15) is 12.1 Å². The van der Waals surface area contributed by atoms with Gasteiger partial charge in [0.2, 0.25) is 23.6 Å². The minimum Gasteiger partial charge on any atom is -0.500 e. The molecule has 410 valence electrons. The van der Waals surface area contributed by atoms with E-state index in [-0.39, 0.29) is 66.7 Å². The molecular weight excluding hydrogens is 1040 g/mol. The Morgan fingerprint density at radius 2 is 1.72 bits per heavy atom. The first kappa shape index (κ1) is 55.4. The number of aliphatic hydroxyl groups excluding tert-OH is 1. The summed E-state index contributed by atoms with van der Waals surface area (Å²) in [5.74, 6) is -0.725. The third-order valence-electron chi connectivity index (χ3n) is 14.5. The number of aryl methyl sites for hydroxylation is 1. The van der Waals surface area contributed by atoms with Gasteiger partial charge in [-0.2, -0.15) is 10.2 Å². The van der Waals surface area contributed by atoms with E-state index in [4.69, 9.17) is 33.0 Å². The molecule has 0 aliphatic carbocycles. The quantitative estimate of drug-likeness (QED) is 0.0291. The van der Waals surface area contributed by atoms with E-state index < -0.39 is 12.2 Å². The normalized spacial score (nSPS) is 14.7. The lowest BCUT2D eigenvalue weighted by molar-refractivity contribution is -0.136. The molecule has 2 aliphatic heterocycles. The number of hydrogen-bond acceptors (Lipinski definition) is 12. The van der Waals surface area contributed by atoms with Crippen molar-refractivity contribution in [2.45, 2.75) is 83.1 Å². The molecule has 3 aromatic carbocycles. The van der Waals surface area contributed by atoms with E-state index in [0.29, 0.717) is 117 Å². The molecule has 0 radical (unpaired) electrons. The molecule has 1 saturated heterocycles. The Labute approximate surface area is 460 Å². The lowest BCUT2D eigenvalue weighted by atomic mass is 9.90. The highest BCUT2D eigenvalue weighted by Crippen LogP contribution is 2.42. The smallest absolute Gasteiger partial charge is 0.281 e. The largest absolute Gasteiger partial charge is 0.500 e. The fourth-order valence-electron chi connectivity index (χ4n) is 10.2. The van der Waals surface area contributed by atoms with Gasteiger partial charge in [0, 0.05) is 106 Å². The number of likely N-dealkylation sites (tertiary alicyclic amines) is 1. The third-order valence-corrected chi connectivity index (χ3v) is 15.3. The number of amides is 4. The van der Waals surface area contributed by atoms with Gasteiger partial charge in [-0.15, -0.1) is 0 Å². The summed E-state index contributed by atoms with van der Waals surface area (Å²) in [7, 11) is 1.78. The van der Waals surface area contributed by atoms with Gasteiger partial charge in [-0.1, -0.05) is 84.7 Å². The van der Waals surface area contributed by atoms with E-state index in [2.05, 4.69) is 31.0 Å². The number of benzene rings is 3. The van der Waals surface area contributed by atoms with E-state index >= 15 is 0 Å². The van der Waals surface area contributed by atoms with Gasteiger partial charge >= 0.3 is 0 Å². The lowest BCUT2D eigenvalue weighted by Crippen LogP contribution is -2.49. The van der Waals surface area contributed by atoms with Gasteiger partial charge in [-0.25, -0.2) is 4.98 Å². The molecule has 0 spiro atoms. The number of nitrogens with zero attached hydrogens (tertiary/aromatic N) is 8. The Bertz CT molecular complexity index is 3380. The summed E-state index contributed by atoms with van der Waals surface area (Å²) in [6.07, 6.45) is 8.31. The summed E-state index contributed by atoms with van der Waals surface area (Å²) in [5.41, 5.74) is 6.83. The molecule has 7 aromatic rings. The number of carbonyl (C=O) groups excluding carboxylic acids is 4. The van der Waals surface area contributed by atoms with E-state index in [1.807, 2.05) is 67.6 Å². The van der Waals surface area contributed by atoms with Crippen molar-refractivity contribution in [3.05, 3.63) is 134 Å². The monoisotopic (exact) mass is 1100 g/mol. The molecule has 1 fully saturated rings. The molecule has 0 saturated carbocycles. The highest BCUT2D eigenvalue weighted by atomic mass is 35.5. The SMILES string of the molecule is C[C@H](CC(=O)N1CCC(O)(Cn2cnc3c(-c4ccc(CNCCCNC(=O)CCOC=CC(=O)NCCn5ccc(-c6cc(Cl)c(Cl)c7[nH]c8c(c67)CN(C(=O)CO)CC8)n5)cc4)n(C)nc3c2=O)CC1)c1ccccc1. The number of fused-ring (bicyclic) bond motifs is 4. The van der Waals surface area contributed by atoms with Gasteiger partial charge in [-0.3, -0.25) is 37.9 Å². The number of aromatic nitrogens is 7. The van der Waals surface area contributed by atoms with Crippen LogP contribution in [-0.4, -0.2) is 136 Å². The summed E-state index contributed by atoms with van der Waals surface area (Å²) in [4.78, 5) is 75.4. The molecule has 4 amide bonds. The van der Waals surface area contributed by atoms with Crippen molar-refractivity contribution in [3.8, 4) is 22.5 Å². The number of H-pyrrole nitrogens is 1. The highest BCUT2D eigenvalue weighted by molar-refractivity contribution is 6.45. The average molecular weight is 1100 g/mol. The van der Waals surface area contributed by atoms with Crippen LogP contribution in [0.25, 0.3) is 44.5 Å². The fraction of sp³-hybridized carbons (Fsp3) is 0.393. The summed E-state index contributed by atoms with van der Waals surface area (Å²) in [6.45, 7) is 5.69. The maximum absolute atomic E-state index is 13.7. The summed E-state index contributed by atoms with van der Waals surface area (Å²) >= 11 is 13.1. The number of ether oxygens (including phenoxy) is 1. The second-order valence-corrected chi connectivity index (χ2v) is 20.8. The van der Waals surface area contributed by atoms with Crippen molar-refractivity contribution in [2.24, 2.45) is 7.05 Å². The predicted molar refractivity (Wildman–Crippen MR) is 296 cm³/mol. The molecule has 22 heteroatoms. The fourth-order valence-corrected chi connectivity index (χ4v) is 10.6. The molecule has 0 bridgehead atoms. The molecule has 6 N–H and O–H groups in total. The Kier molecular flexibility index (Phi) is 17.7. The standard InChI is InChI=1S/C56H64Cl2N12O8/c1-36(38-7-4-3-5-8-38)29-47(74)67-24-17-56(77,18-25-67)34-69-35-62-52-53(55(69)76)65-66(2)54(52)39-11-9-37(10-12-39)31-59-19-6-20-60-45(72)15-27-78-28-16-46(73)61-21-26-70-23-14-44(64-70)40-30-42(57)50(58)51-49(40)41-32-68(48(75)33-71)22-13-43(41)63-51/h3-5,7-12,14,16,23,28,30,35-36,59,63,71,77H,6,13,15,17-22,24-27,29,31-34H2,1-2H3,(H,60,72)(H,61,73)/t36-/m1/s1. The van der Waals surface area contributed by atoms with Crippen LogP contribution in [-0.2, 0) is 63.6 Å². The predicted octanol–water partition coefficient (Wildman–Crippen LogP) is 5.21. The molecule has 20 nitrogen and oxygen atoms in total. The molecule has 4 aromatic heterocycles. The first-order valence-corrected chi connectivity index (χ1v) is 27.0. The minimum absolute atomic E-state index is 0.0563. The molecule has 0 unspecified atom stereocenters. The van der Waals surface area contributed by atoms with Gasteiger partial charge in [0.05, 0.1) is 71.3 Å². The van der Waals surface area contributed by atoms with Crippen molar-refractivity contribution in [2.75, 3.05) is 52.5 Å². The third kappa shape index (κ3) is 13.0. The molecule has 1 atom stereocenters. The van der Waals surface area contributed by atoms with Crippen LogP contribution in [0.1, 0.15) is 67.3 Å². The van der Waals surface area contributed by atoms with Crippen molar-refractivity contribution < 1.29 is 34.1 Å². The highest BCUT2D eigenvalue weighted by Gasteiger charge is 2.35. The van der Waals surface area contributed by atoms with Gasteiger partial charge in [0.25, 0.3) is 5.56 Å². The van der Waals surface area contributed by atoms with Crippen LogP contribution in [0.2, 0.25) is 10.0 Å². The molecular formula is C56H64Cl2N12O8. The Balaban J connectivity index is 0.646. The second-order valence-electron chi connectivity index (χ2n) is 20.0. The zero-order valence-corrected chi connectivity index (χ0v) is 45.2. The first-order valence-electron chi connectivity index (χ1n) is 26.2. The summed E-state index contributed by atoms with van der Waals surface area (Å²) < 4.78 is 10.2. The second kappa shape index (κ2) is 25.0. The number of rotatable bonds is 22. The first-order chi connectivity index (χ1) is 37.7. The Morgan fingerprint density at radius 1 is 0.936 bits per heavy atom. The van der Waals surface area contributed by atoms with Crippen molar-refractivity contribution in [1.29, 1.82) is 0 Å². The average Bonchev–Trinajstić information content (AvgIpc) is 4.38. The van der Waals surface area contributed by atoms with Crippen molar-refractivity contribution >= 4 is 68.8 Å². The van der Waals surface area contributed by atoms with Gasteiger partial charge in [0.15, 0.2) is 5.52 Å². The molecule has 2 aliphatic rings. The number of aliphatic hydroxyl groups is 2. The molecule has 6 heterocycles. The van der Waals surface area contributed by atoms with Crippen LogP contribution < -0.4 is 21.5 Å². The number of nitrogens with one attached hydrogen (secondary N) is 4. The van der Waals surface area contributed by atoms with E-state index in [1.165, 1.54) is 23.2 Å². The van der Waals surface area contributed by atoms with Crippen LogP contribution in [0.15, 0.2) is 96.4 Å². The Hall–Kier alpha value is -7.36. The minimum atomic E-state index is -1.16. The summed E-state index contributed by atoms with van der Waals surface area (Å²) in [6, 6.07) is 21.5. The molecule has 78 heavy (non-hydrogen) atoms. The van der Waals surface area contributed by atoms with Crippen LogP contribution in [0, 0.1) is 0 Å². The van der Waals surface area contributed by atoms with Crippen molar-refractivity contribution in [3.63, 3.8) is 0 Å². The summed E-state index contributed by atoms with van der Waals surface area (Å²) in [5, 5.41) is 40.9. The van der Waals surface area contributed by atoms with Crippen LogP contribution in [0.3, 0.4) is 0 Å². The number of piperidine rings is 1. The maximum atomic E-state index is 13.7. The number of carbonyl (C=O) groups is 4. The van der Waals surface area contributed by atoms with Crippen molar-refractivity contribution in [1.82, 2.24) is 59.8 Å². The zero-order valence-electron chi connectivity index (χ0n) is 43.6. The number of hydrogen-bond donors (Lipinski definition) is 6. The topological polar surface area (TPSA) is 247 Å². The number of halogens is 2. The van der Waals surface area contributed by atoms with E-state index in [1.54, 1.807) is 38.5 Å². The molecule has 9 rings (SSSR count). The van der Waals surface area contributed by atoms with Crippen LogP contribution >= 0.6 is 23.2 Å².